The normalized spacial score (nSPS) is 32.7. The Morgan fingerprint density at radius 2 is 1.71 bits per heavy atom. The second-order valence-corrected chi connectivity index (χ2v) is 4.79. The summed E-state index contributed by atoms with van der Waals surface area (Å²) in [6.07, 6.45) is -7.32. The van der Waals surface area contributed by atoms with Crippen LogP contribution in [0.2, 0.25) is 0 Å². The topological polar surface area (TPSA) is 139 Å². The molecule has 0 saturated carbocycles. The van der Waals surface area contributed by atoms with Gasteiger partial charge in [0.05, 0.1) is 6.61 Å². The molecule has 1 aromatic rings. The van der Waals surface area contributed by atoms with Crippen LogP contribution < -0.4 is 5.32 Å². The third-order valence-electron chi connectivity index (χ3n) is 3.29. The van der Waals surface area contributed by atoms with Crippen molar-refractivity contribution in [3.63, 3.8) is 0 Å². The fourth-order valence-electron chi connectivity index (χ4n) is 2.08. The van der Waals surface area contributed by atoms with Gasteiger partial charge in [-0.05, 0) is 24.3 Å². The molecule has 0 aliphatic carbocycles. The van der Waals surface area contributed by atoms with Crippen molar-refractivity contribution in [3.8, 4) is 5.75 Å². The van der Waals surface area contributed by atoms with E-state index in [2.05, 4.69) is 5.32 Å². The van der Waals surface area contributed by atoms with E-state index in [9.17, 15) is 20.1 Å². The van der Waals surface area contributed by atoms with Crippen molar-refractivity contribution in [3.05, 3.63) is 24.3 Å². The van der Waals surface area contributed by atoms with Crippen LogP contribution in [0.4, 0.5) is 5.69 Å². The molecule has 8 heteroatoms. The number of phenolic OH excluding ortho intramolecular Hbond substituents is 1. The number of amides is 1. The maximum atomic E-state index is 12.0. The summed E-state index contributed by atoms with van der Waals surface area (Å²) in [4.78, 5) is 12.0. The van der Waals surface area contributed by atoms with Gasteiger partial charge < -0.3 is 35.6 Å². The zero-order valence-electron chi connectivity index (χ0n) is 11.0. The van der Waals surface area contributed by atoms with Crippen LogP contribution in [0.3, 0.4) is 0 Å². The molecule has 1 aliphatic heterocycles. The zero-order valence-corrected chi connectivity index (χ0v) is 11.0. The van der Waals surface area contributed by atoms with Crippen LogP contribution in [-0.2, 0) is 9.53 Å². The Hall–Kier alpha value is -1.71. The molecule has 0 spiro atoms. The first-order valence-corrected chi connectivity index (χ1v) is 6.34. The number of nitrogens with one attached hydrogen (secondary N) is 1. The average Bonchev–Trinajstić information content (AvgIpc) is 2.47. The van der Waals surface area contributed by atoms with E-state index in [1.807, 2.05) is 0 Å². The quantitative estimate of drug-likeness (QED) is 0.361. The van der Waals surface area contributed by atoms with Crippen molar-refractivity contribution in [1.29, 1.82) is 0 Å². The van der Waals surface area contributed by atoms with E-state index < -0.39 is 43.0 Å². The number of phenols is 1. The number of benzene rings is 1. The monoisotopic (exact) mass is 299 g/mol. The molecule has 0 unspecified atom stereocenters. The van der Waals surface area contributed by atoms with Crippen LogP contribution in [0.15, 0.2) is 24.3 Å². The van der Waals surface area contributed by atoms with Crippen LogP contribution in [0.1, 0.15) is 0 Å². The molecule has 6 N–H and O–H groups in total. The van der Waals surface area contributed by atoms with Gasteiger partial charge in [-0.2, -0.15) is 0 Å². The van der Waals surface area contributed by atoms with E-state index in [0.29, 0.717) is 5.69 Å². The van der Waals surface area contributed by atoms with Crippen molar-refractivity contribution in [2.24, 2.45) is 0 Å². The lowest BCUT2D eigenvalue weighted by atomic mass is 9.94. The lowest BCUT2D eigenvalue weighted by molar-refractivity contribution is -0.224. The number of anilines is 1. The number of rotatable bonds is 3. The highest BCUT2D eigenvalue weighted by molar-refractivity contribution is 5.94. The standard InChI is InChI=1S/C13H17NO7/c15-5-8-9(17)10(18)11(19)12(21-8)13(20)14-6-1-3-7(16)4-2-6/h1-4,8-12,15-19H,5H2,(H,14,20)/t8-,9-,10+,11-,12+/m0/s1. The molecule has 1 heterocycles. The van der Waals surface area contributed by atoms with E-state index in [1.54, 1.807) is 0 Å². The van der Waals surface area contributed by atoms with Crippen molar-refractivity contribution >= 4 is 11.6 Å². The Morgan fingerprint density at radius 1 is 1.10 bits per heavy atom. The smallest absolute Gasteiger partial charge is 0.256 e. The van der Waals surface area contributed by atoms with Gasteiger partial charge in [-0.3, -0.25) is 4.79 Å². The van der Waals surface area contributed by atoms with E-state index in [1.165, 1.54) is 24.3 Å². The number of aromatic hydroxyl groups is 1. The Labute approximate surface area is 120 Å². The summed E-state index contributed by atoms with van der Waals surface area (Å²) in [6.45, 7) is -0.603. The Balaban J connectivity index is 2.08. The molecular weight excluding hydrogens is 282 g/mol. The molecule has 0 radical (unpaired) electrons. The average molecular weight is 299 g/mol. The Kier molecular flexibility index (Phi) is 4.76. The molecule has 116 valence electrons. The number of ether oxygens (including phenoxy) is 1. The number of aliphatic hydroxyl groups excluding tert-OH is 4. The largest absolute Gasteiger partial charge is 0.508 e. The van der Waals surface area contributed by atoms with E-state index in [4.69, 9.17) is 14.9 Å². The number of aliphatic hydroxyl groups is 4. The first-order chi connectivity index (χ1) is 9.93. The highest BCUT2D eigenvalue weighted by Crippen LogP contribution is 2.22. The first-order valence-electron chi connectivity index (χ1n) is 6.34. The van der Waals surface area contributed by atoms with Gasteiger partial charge in [-0.25, -0.2) is 0 Å². The Morgan fingerprint density at radius 3 is 2.29 bits per heavy atom. The highest BCUT2D eigenvalue weighted by Gasteiger charge is 2.46. The molecule has 1 saturated heterocycles. The lowest BCUT2D eigenvalue weighted by Crippen LogP contribution is -2.61. The molecule has 8 nitrogen and oxygen atoms in total. The summed E-state index contributed by atoms with van der Waals surface area (Å²) >= 11 is 0. The van der Waals surface area contributed by atoms with Crippen LogP contribution in [0.25, 0.3) is 0 Å². The number of hydrogen-bond donors (Lipinski definition) is 6. The van der Waals surface area contributed by atoms with Crippen LogP contribution in [0, 0.1) is 0 Å². The molecular formula is C13H17NO7. The maximum Gasteiger partial charge on any atom is 0.256 e. The summed E-state index contributed by atoms with van der Waals surface area (Å²) in [6, 6.07) is 5.61. The highest BCUT2D eigenvalue weighted by atomic mass is 16.5. The summed E-state index contributed by atoms with van der Waals surface area (Å²) in [5.41, 5.74) is 0.356. The molecule has 0 aromatic heterocycles. The maximum absolute atomic E-state index is 12.0. The summed E-state index contributed by atoms with van der Waals surface area (Å²) in [7, 11) is 0. The fourth-order valence-corrected chi connectivity index (χ4v) is 2.08. The van der Waals surface area contributed by atoms with Gasteiger partial charge in [0.15, 0.2) is 6.10 Å². The van der Waals surface area contributed by atoms with Crippen LogP contribution in [0.5, 0.6) is 5.75 Å². The van der Waals surface area contributed by atoms with Crippen molar-refractivity contribution in [2.45, 2.75) is 30.5 Å². The number of carbonyl (C=O) groups excluding carboxylic acids is 1. The molecule has 1 aromatic carbocycles. The Bertz CT molecular complexity index is 490. The van der Waals surface area contributed by atoms with Gasteiger partial charge in [-0.15, -0.1) is 0 Å². The molecule has 1 fully saturated rings. The van der Waals surface area contributed by atoms with Gasteiger partial charge in [0.25, 0.3) is 5.91 Å². The van der Waals surface area contributed by atoms with Crippen LogP contribution >= 0.6 is 0 Å². The summed E-state index contributed by atoms with van der Waals surface area (Å²) < 4.78 is 5.12. The van der Waals surface area contributed by atoms with E-state index in [-0.39, 0.29) is 5.75 Å². The third kappa shape index (κ3) is 3.31. The minimum Gasteiger partial charge on any atom is -0.508 e. The molecule has 0 bridgehead atoms. The minimum absolute atomic E-state index is 0.0286. The van der Waals surface area contributed by atoms with Crippen molar-refractivity contribution < 1.29 is 35.1 Å². The van der Waals surface area contributed by atoms with Gasteiger partial charge in [0, 0.05) is 5.69 Å². The summed E-state index contributed by atoms with van der Waals surface area (Å²) in [5, 5.41) is 49.7. The van der Waals surface area contributed by atoms with E-state index in [0.717, 1.165) is 0 Å². The second kappa shape index (κ2) is 6.37. The zero-order chi connectivity index (χ0) is 15.6. The van der Waals surface area contributed by atoms with E-state index >= 15 is 0 Å². The SMILES string of the molecule is O=C(Nc1ccc(O)cc1)[C@@H]1O[C@@H](CO)[C@H](O)[C@@H](O)[C@@H]1O. The molecule has 1 amide bonds. The van der Waals surface area contributed by atoms with Crippen LogP contribution in [-0.4, -0.2) is 68.6 Å². The fraction of sp³-hybridized carbons (Fsp3) is 0.462. The van der Waals surface area contributed by atoms with Gasteiger partial charge in [0.1, 0.15) is 30.2 Å². The molecule has 21 heavy (non-hydrogen) atoms. The predicted octanol–water partition coefficient (Wildman–Crippen LogP) is -1.83. The minimum atomic E-state index is -1.63. The van der Waals surface area contributed by atoms with Crippen molar-refractivity contribution in [2.75, 3.05) is 11.9 Å². The third-order valence-corrected chi connectivity index (χ3v) is 3.29. The number of carbonyl (C=O) groups is 1. The molecule has 5 atom stereocenters. The number of hydrogen-bond acceptors (Lipinski definition) is 7. The first kappa shape index (κ1) is 15.7. The predicted molar refractivity (Wildman–Crippen MR) is 70.5 cm³/mol. The molecule has 1 aliphatic rings. The molecule has 2 rings (SSSR count). The van der Waals surface area contributed by atoms with Crippen molar-refractivity contribution in [1.82, 2.24) is 0 Å². The lowest BCUT2D eigenvalue weighted by Gasteiger charge is -2.39. The second-order valence-electron chi connectivity index (χ2n) is 4.79. The summed E-state index contributed by atoms with van der Waals surface area (Å²) in [5.74, 6) is -0.710. The van der Waals surface area contributed by atoms with Gasteiger partial charge in [0.2, 0.25) is 0 Å². The van der Waals surface area contributed by atoms with Gasteiger partial charge >= 0.3 is 0 Å². The van der Waals surface area contributed by atoms with Gasteiger partial charge in [-0.1, -0.05) is 0 Å².